The standard InChI is InChI=1S/C28H28N2O2/c1-18-7-14-26-25(15-18)23-5-4-6-24(23)28(30-26)19-8-11-21(12-9-19)29-17-20-10-13-22(31-2)16-27(20)32-3/h4-5,7-17,23-24,28,30H,6H2,1-3H3/t23-,24+,28+/m1/s1. The van der Waals surface area contributed by atoms with Crippen molar-refractivity contribution < 1.29 is 9.47 Å². The first-order chi connectivity index (χ1) is 15.7. The van der Waals surface area contributed by atoms with Gasteiger partial charge in [-0.3, -0.25) is 4.99 Å². The van der Waals surface area contributed by atoms with Crippen LogP contribution in [0.1, 0.15) is 40.6 Å². The van der Waals surface area contributed by atoms with Gasteiger partial charge in [0.15, 0.2) is 0 Å². The summed E-state index contributed by atoms with van der Waals surface area (Å²) in [4.78, 5) is 4.66. The van der Waals surface area contributed by atoms with E-state index in [-0.39, 0.29) is 0 Å². The smallest absolute Gasteiger partial charge is 0.131 e. The van der Waals surface area contributed by atoms with Crippen molar-refractivity contribution in [1.82, 2.24) is 0 Å². The molecule has 162 valence electrons. The molecule has 32 heavy (non-hydrogen) atoms. The molecule has 0 fully saturated rings. The second-order valence-electron chi connectivity index (χ2n) is 8.52. The maximum atomic E-state index is 5.47. The Morgan fingerprint density at radius 3 is 2.59 bits per heavy atom. The quantitative estimate of drug-likeness (QED) is 0.371. The van der Waals surface area contributed by atoms with Crippen molar-refractivity contribution in [3.63, 3.8) is 0 Å². The van der Waals surface area contributed by atoms with Crippen molar-refractivity contribution in [2.45, 2.75) is 25.3 Å². The predicted octanol–water partition coefficient (Wildman–Crippen LogP) is 6.59. The van der Waals surface area contributed by atoms with Gasteiger partial charge in [-0.15, -0.1) is 0 Å². The van der Waals surface area contributed by atoms with Crippen LogP contribution in [-0.2, 0) is 0 Å². The molecule has 3 aromatic rings. The van der Waals surface area contributed by atoms with Crippen molar-refractivity contribution in [1.29, 1.82) is 0 Å². The lowest BCUT2D eigenvalue weighted by Crippen LogP contribution is -2.29. The average molecular weight is 425 g/mol. The predicted molar refractivity (Wildman–Crippen MR) is 131 cm³/mol. The van der Waals surface area contributed by atoms with Crippen LogP contribution >= 0.6 is 0 Å². The van der Waals surface area contributed by atoms with E-state index in [1.807, 2.05) is 24.4 Å². The van der Waals surface area contributed by atoms with E-state index >= 15 is 0 Å². The number of fused-ring (bicyclic) bond motifs is 3. The van der Waals surface area contributed by atoms with Crippen molar-refractivity contribution in [2.75, 3.05) is 19.5 Å². The zero-order valence-corrected chi connectivity index (χ0v) is 18.7. The second kappa shape index (κ2) is 8.54. The van der Waals surface area contributed by atoms with E-state index in [9.17, 15) is 0 Å². The molecule has 0 bridgehead atoms. The van der Waals surface area contributed by atoms with Crippen LogP contribution in [-0.4, -0.2) is 20.4 Å². The number of allylic oxidation sites excluding steroid dienone is 2. The monoisotopic (exact) mass is 424 g/mol. The fourth-order valence-electron chi connectivity index (χ4n) is 4.88. The number of nitrogens with zero attached hydrogens (tertiary/aromatic N) is 1. The Labute approximate surface area is 189 Å². The number of hydrogen-bond donors (Lipinski definition) is 1. The van der Waals surface area contributed by atoms with Crippen LogP contribution in [0.15, 0.2) is 77.8 Å². The van der Waals surface area contributed by atoms with Crippen LogP contribution in [0.25, 0.3) is 0 Å². The largest absolute Gasteiger partial charge is 0.497 e. The van der Waals surface area contributed by atoms with Crippen LogP contribution in [0.3, 0.4) is 0 Å². The zero-order chi connectivity index (χ0) is 22.1. The highest BCUT2D eigenvalue weighted by Crippen LogP contribution is 2.50. The Bertz CT molecular complexity index is 1180. The van der Waals surface area contributed by atoms with Crippen LogP contribution in [0.5, 0.6) is 11.5 Å². The molecule has 1 N–H and O–H groups in total. The molecule has 0 spiro atoms. The summed E-state index contributed by atoms with van der Waals surface area (Å²) in [6.45, 7) is 2.17. The molecule has 0 amide bonds. The summed E-state index contributed by atoms with van der Waals surface area (Å²) in [5.74, 6) is 2.53. The summed E-state index contributed by atoms with van der Waals surface area (Å²) in [6, 6.07) is 21.3. The summed E-state index contributed by atoms with van der Waals surface area (Å²) < 4.78 is 10.7. The zero-order valence-electron chi connectivity index (χ0n) is 18.7. The first-order valence-corrected chi connectivity index (χ1v) is 11.1. The van der Waals surface area contributed by atoms with Gasteiger partial charge in [-0.25, -0.2) is 0 Å². The molecule has 1 heterocycles. The maximum absolute atomic E-state index is 5.47. The highest BCUT2D eigenvalue weighted by molar-refractivity contribution is 5.85. The van der Waals surface area contributed by atoms with Gasteiger partial charge in [0.05, 0.1) is 25.9 Å². The molecule has 1 aliphatic heterocycles. The van der Waals surface area contributed by atoms with E-state index in [0.717, 1.165) is 29.2 Å². The Hall–Kier alpha value is -3.53. The number of aliphatic imine (C=N–C) groups is 1. The van der Waals surface area contributed by atoms with Gasteiger partial charge in [0, 0.05) is 29.4 Å². The SMILES string of the molecule is COc1ccc(C=Nc2ccc([C@@H]3Nc4ccc(C)cc4[C@@H]4C=CC[C@@H]43)cc2)c(OC)c1. The summed E-state index contributed by atoms with van der Waals surface area (Å²) in [6.07, 6.45) is 7.66. The minimum Gasteiger partial charge on any atom is -0.497 e. The number of aryl methyl sites for hydroxylation is 1. The molecule has 5 rings (SSSR count). The normalized spacial score (nSPS) is 21.2. The molecular weight excluding hydrogens is 396 g/mol. The molecule has 0 unspecified atom stereocenters. The third-order valence-electron chi connectivity index (χ3n) is 6.56. The fraction of sp³-hybridized carbons (Fsp3) is 0.250. The summed E-state index contributed by atoms with van der Waals surface area (Å²) in [7, 11) is 3.30. The molecule has 3 aromatic carbocycles. The second-order valence-corrected chi connectivity index (χ2v) is 8.52. The number of rotatable bonds is 5. The van der Waals surface area contributed by atoms with Crippen LogP contribution in [0.4, 0.5) is 11.4 Å². The van der Waals surface area contributed by atoms with Gasteiger partial charge in [0.25, 0.3) is 0 Å². The molecule has 1 aliphatic carbocycles. The number of nitrogens with one attached hydrogen (secondary N) is 1. The Kier molecular flexibility index (Phi) is 5.44. The lowest BCUT2D eigenvalue weighted by Gasteiger charge is -2.37. The number of methoxy groups -OCH3 is 2. The van der Waals surface area contributed by atoms with Gasteiger partial charge in [-0.05, 0) is 60.7 Å². The molecule has 0 saturated carbocycles. The first kappa shape index (κ1) is 20.4. The Balaban J connectivity index is 1.37. The van der Waals surface area contributed by atoms with Gasteiger partial charge < -0.3 is 14.8 Å². The highest BCUT2D eigenvalue weighted by atomic mass is 16.5. The summed E-state index contributed by atoms with van der Waals surface area (Å²) >= 11 is 0. The van der Waals surface area contributed by atoms with Crippen molar-refractivity contribution >= 4 is 17.6 Å². The minimum atomic E-state index is 0.296. The third-order valence-corrected chi connectivity index (χ3v) is 6.56. The Morgan fingerprint density at radius 2 is 1.81 bits per heavy atom. The average Bonchev–Trinajstić information content (AvgIpc) is 3.33. The third kappa shape index (κ3) is 3.77. The van der Waals surface area contributed by atoms with Crippen LogP contribution in [0, 0.1) is 12.8 Å². The first-order valence-electron chi connectivity index (χ1n) is 11.1. The molecule has 0 aromatic heterocycles. The van der Waals surface area contributed by atoms with Gasteiger partial charge in [-0.1, -0.05) is 42.0 Å². The number of hydrogen-bond acceptors (Lipinski definition) is 4. The highest BCUT2D eigenvalue weighted by Gasteiger charge is 2.37. The van der Waals surface area contributed by atoms with Gasteiger partial charge >= 0.3 is 0 Å². The lowest BCUT2D eigenvalue weighted by molar-refractivity contribution is 0.394. The van der Waals surface area contributed by atoms with Crippen molar-refractivity contribution in [2.24, 2.45) is 10.9 Å². The van der Waals surface area contributed by atoms with E-state index in [0.29, 0.717) is 17.9 Å². The van der Waals surface area contributed by atoms with Gasteiger partial charge in [0.2, 0.25) is 0 Å². The molecule has 0 radical (unpaired) electrons. The molecule has 4 heteroatoms. The number of benzene rings is 3. The van der Waals surface area contributed by atoms with Gasteiger partial charge in [-0.2, -0.15) is 0 Å². The topological polar surface area (TPSA) is 42.8 Å². The van der Waals surface area contributed by atoms with E-state index in [2.05, 4.69) is 71.8 Å². The summed E-state index contributed by atoms with van der Waals surface area (Å²) in [5, 5.41) is 3.81. The summed E-state index contributed by atoms with van der Waals surface area (Å²) in [5.41, 5.74) is 7.13. The van der Waals surface area contributed by atoms with E-state index in [1.54, 1.807) is 14.2 Å². The van der Waals surface area contributed by atoms with E-state index in [4.69, 9.17) is 9.47 Å². The van der Waals surface area contributed by atoms with E-state index < -0.39 is 0 Å². The number of ether oxygens (including phenoxy) is 2. The van der Waals surface area contributed by atoms with Crippen molar-refractivity contribution in [3.05, 3.63) is 95.1 Å². The van der Waals surface area contributed by atoms with E-state index in [1.165, 1.54) is 22.4 Å². The molecule has 3 atom stereocenters. The fourth-order valence-corrected chi connectivity index (χ4v) is 4.88. The maximum Gasteiger partial charge on any atom is 0.131 e. The molecule has 2 aliphatic rings. The van der Waals surface area contributed by atoms with Gasteiger partial charge in [0.1, 0.15) is 11.5 Å². The van der Waals surface area contributed by atoms with Crippen molar-refractivity contribution in [3.8, 4) is 11.5 Å². The number of anilines is 1. The van der Waals surface area contributed by atoms with Crippen LogP contribution < -0.4 is 14.8 Å². The lowest BCUT2D eigenvalue weighted by atomic mass is 9.76. The molecular formula is C28H28N2O2. The Morgan fingerprint density at radius 1 is 0.969 bits per heavy atom. The van der Waals surface area contributed by atoms with Crippen LogP contribution in [0.2, 0.25) is 0 Å². The molecule has 4 nitrogen and oxygen atoms in total. The molecule has 0 saturated heterocycles. The minimum absolute atomic E-state index is 0.296.